The summed E-state index contributed by atoms with van der Waals surface area (Å²) in [5.74, 6) is 1.53. The Morgan fingerprint density at radius 2 is 2.12 bits per heavy atom. The highest BCUT2D eigenvalue weighted by atomic mass is 16.6. The van der Waals surface area contributed by atoms with E-state index in [0.717, 1.165) is 23.5 Å². The molecule has 0 saturated carbocycles. The molecule has 1 aromatic carbocycles. The first-order valence-electron chi connectivity index (χ1n) is 5.58. The van der Waals surface area contributed by atoms with Crippen molar-refractivity contribution in [1.29, 1.82) is 0 Å². The van der Waals surface area contributed by atoms with Gasteiger partial charge in [-0.2, -0.15) is 0 Å². The van der Waals surface area contributed by atoms with E-state index in [-0.39, 0.29) is 12.6 Å². The Labute approximate surface area is 95.0 Å². The molecule has 0 amide bonds. The predicted octanol–water partition coefficient (Wildman–Crippen LogP) is 1.23. The molecule has 4 heteroatoms. The summed E-state index contributed by atoms with van der Waals surface area (Å²) in [6, 6.07) is 5.65. The second-order valence-electron chi connectivity index (χ2n) is 3.84. The van der Waals surface area contributed by atoms with Gasteiger partial charge in [-0.05, 0) is 18.9 Å². The Kier molecular flexibility index (Phi) is 3.64. The molecule has 1 aliphatic heterocycles. The molecule has 1 heterocycles. The number of para-hydroxylation sites is 1. The third kappa shape index (κ3) is 2.28. The lowest BCUT2D eigenvalue weighted by Gasteiger charge is -2.23. The van der Waals surface area contributed by atoms with Gasteiger partial charge in [-0.25, -0.2) is 0 Å². The molecular weight excluding hydrogens is 206 g/mol. The largest absolute Gasteiger partial charge is 0.486 e. The van der Waals surface area contributed by atoms with E-state index >= 15 is 0 Å². The summed E-state index contributed by atoms with van der Waals surface area (Å²) in [5.41, 5.74) is 7.02. The van der Waals surface area contributed by atoms with Crippen molar-refractivity contribution in [3.63, 3.8) is 0 Å². The summed E-state index contributed by atoms with van der Waals surface area (Å²) in [5, 5.41) is 8.79. The zero-order valence-corrected chi connectivity index (χ0v) is 9.19. The molecule has 1 aliphatic rings. The average Bonchev–Trinajstić information content (AvgIpc) is 2.35. The molecule has 4 nitrogen and oxygen atoms in total. The van der Waals surface area contributed by atoms with Crippen molar-refractivity contribution >= 4 is 0 Å². The van der Waals surface area contributed by atoms with Crippen LogP contribution in [0, 0.1) is 0 Å². The first kappa shape index (κ1) is 11.2. The van der Waals surface area contributed by atoms with Crippen LogP contribution in [-0.4, -0.2) is 24.9 Å². The number of nitrogens with two attached hydrogens (primary N) is 1. The van der Waals surface area contributed by atoms with E-state index < -0.39 is 0 Å². The fourth-order valence-electron chi connectivity index (χ4n) is 1.85. The number of fused-ring (bicyclic) bond motifs is 1. The molecule has 16 heavy (non-hydrogen) atoms. The molecule has 2 rings (SSSR count). The topological polar surface area (TPSA) is 64.7 Å². The second kappa shape index (κ2) is 5.18. The predicted molar refractivity (Wildman–Crippen MR) is 60.7 cm³/mol. The van der Waals surface area contributed by atoms with E-state index in [1.54, 1.807) is 0 Å². The van der Waals surface area contributed by atoms with E-state index in [4.69, 9.17) is 20.3 Å². The van der Waals surface area contributed by atoms with Crippen LogP contribution >= 0.6 is 0 Å². The molecule has 88 valence electrons. The quantitative estimate of drug-likeness (QED) is 0.805. The zero-order chi connectivity index (χ0) is 11.4. The number of benzene rings is 1. The van der Waals surface area contributed by atoms with Gasteiger partial charge in [0.05, 0.1) is 0 Å². The highest BCUT2D eigenvalue weighted by Crippen LogP contribution is 2.37. The molecular formula is C12H17NO3. The average molecular weight is 223 g/mol. The maximum Gasteiger partial charge on any atom is 0.166 e. The van der Waals surface area contributed by atoms with Crippen molar-refractivity contribution in [3.8, 4) is 11.5 Å². The summed E-state index contributed by atoms with van der Waals surface area (Å²) in [4.78, 5) is 0. The molecule has 0 aromatic heterocycles. The van der Waals surface area contributed by atoms with Crippen molar-refractivity contribution in [1.82, 2.24) is 0 Å². The Bertz CT molecular complexity index is 354. The third-order valence-electron chi connectivity index (χ3n) is 2.67. The molecule has 0 spiro atoms. The van der Waals surface area contributed by atoms with E-state index in [2.05, 4.69) is 0 Å². The van der Waals surface area contributed by atoms with Crippen molar-refractivity contribution in [3.05, 3.63) is 23.8 Å². The number of hydrogen-bond acceptors (Lipinski definition) is 4. The van der Waals surface area contributed by atoms with Crippen LogP contribution < -0.4 is 15.2 Å². The minimum absolute atomic E-state index is 0.108. The Morgan fingerprint density at radius 1 is 1.31 bits per heavy atom. The molecule has 0 bridgehead atoms. The van der Waals surface area contributed by atoms with E-state index in [1.165, 1.54) is 0 Å². The van der Waals surface area contributed by atoms with Gasteiger partial charge in [-0.1, -0.05) is 12.1 Å². The Morgan fingerprint density at radius 3 is 2.94 bits per heavy atom. The lowest BCUT2D eigenvalue weighted by molar-refractivity contribution is 0.169. The number of aliphatic hydroxyl groups is 1. The molecule has 0 unspecified atom stereocenters. The van der Waals surface area contributed by atoms with E-state index in [1.807, 2.05) is 18.2 Å². The summed E-state index contributed by atoms with van der Waals surface area (Å²) >= 11 is 0. The van der Waals surface area contributed by atoms with Crippen LogP contribution in [0.1, 0.15) is 24.4 Å². The van der Waals surface area contributed by atoms with Gasteiger partial charge in [0.15, 0.2) is 11.5 Å². The molecule has 0 aliphatic carbocycles. The van der Waals surface area contributed by atoms with Crippen molar-refractivity contribution in [2.75, 3.05) is 19.8 Å². The molecule has 1 aromatic rings. The molecule has 0 fully saturated rings. The Balaban J connectivity index is 2.19. The summed E-state index contributed by atoms with van der Waals surface area (Å²) < 4.78 is 11.1. The molecule has 1 atom stereocenters. The van der Waals surface area contributed by atoms with Gasteiger partial charge in [0.1, 0.15) is 13.2 Å². The van der Waals surface area contributed by atoms with Crippen LogP contribution in [0.4, 0.5) is 0 Å². The fraction of sp³-hybridized carbons (Fsp3) is 0.500. The maximum absolute atomic E-state index is 8.79. The Hall–Kier alpha value is -1.26. The van der Waals surface area contributed by atoms with Gasteiger partial charge in [0.2, 0.25) is 0 Å². The van der Waals surface area contributed by atoms with Crippen molar-refractivity contribution in [2.45, 2.75) is 18.9 Å². The summed E-state index contributed by atoms with van der Waals surface area (Å²) in [7, 11) is 0. The smallest absolute Gasteiger partial charge is 0.166 e. The maximum atomic E-state index is 8.79. The van der Waals surface area contributed by atoms with Gasteiger partial charge >= 0.3 is 0 Å². The number of aliphatic hydroxyl groups excluding tert-OH is 1. The lowest BCUT2D eigenvalue weighted by atomic mass is 10.0. The fourth-order valence-corrected chi connectivity index (χ4v) is 1.85. The van der Waals surface area contributed by atoms with Gasteiger partial charge in [-0.3, -0.25) is 0 Å². The van der Waals surface area contributed by atoms with Crippen molar-refractivity contribution in [2.24, 2.45) is 5.73 Å². The van der Waals surface area contributed by atoms with Gasteiger partial charge in [-0.15, -0.1) is 0 Å². The zero-order valence-electron chi connectivity index (χ0n) is 9.19. The molecule has 0 radical (unpaired) electrons. The monoisotopic (exact) mass is 223 g/mol. The van der Waals surface area contributed by atoms with E-state index in [9.17, 15) is 0 Å². The third-order valence-corrected chi connectivity index (χ3v) is 2.67. The first-order valence-corrected chi connectivity index (χ1v) is 5.58. The van der Waals surface area contributed by atoms with Crippen LogP contribution in [0.25, 0.3) is 0 Å². The van der Waals surface area contributed by atoms with Gasteiger partial charge < -0.3 is 20.3 Å². The number of ether oxygens (including phenoxy) is 2. The normalized spacial score (nSPS) is 15.9. The standard InChI is InChI=1S/C12H17NO3/c13-10(4-2-6-14)9-3-1-5-11-12(9)16-8-7-15-11/h1,3,5,10,14H,2,4,6-8,13H2/t10-/m1/s1. The lowest BCUT2D eigenvalue weighted by Crippen LogP contribution is -2.19. The minimum Gasteiger partial charge on any atom is -0.486 e. The van der Waals surface area contributed by atoms with Crippen LogP contribution in [0.5, 0.6) is 11.5 Å². The minimum atomic E-state index is -0.108. The highest BCUT2D eigenvalue weighted by Gasteiger charge is 2.19. The van der Waals surface area contributed by atoms with Gasteiger partial charge in [0, 0.05) is 18.2 Å². The SMILES string of the molecule is N[C@H](CCCO)c1cccc2c1OCCO2. The van der Waals surface area contributed by atoms with Crippen molar-refractivity contribution < 1.29 is 14.6 Å². The van der Waals surface area contributed by atoms with Crippen LogP contribution in [-0.2, 0) is 0 Å². The summed E-state index contributed by atoms with van der Waals surface area (Å²) in [6.07, 6.45) is 1.45. The van der Waals surface area contributed by atoms with Crippen LogP contribution in [0.3, 0.4) is 0 Å². The van der Waals surface area contributed by atoms with Gasteiger partial charge in [0.25, 0.3) is 0 Å². The second-order valence-corrected chi connectivity index (χ2v) is 3.84. The molecule has 3 N–H and O–H groups in total. The van der Waals surface area contributed by atoms with Crippen LogP contribution in [0.15, 0.2) is 18.2 Å². The highest BCUT2D eigenvalue weighted by molar-refractivity contribution is 5.48. The summed E-state index contributed by atoms with van der Waals surface area (Å²) in [6.45, 7) is 1.32. The number of hydrogen-bond donors (Lipinski definition) is 2. The van der Waals surface area contributed by atoms with E-state index in [0.29, 0.717) is 19.6 Å². The number of rotatable bonds is 4. The first-order chi connectivity index (χ1) is 7.83. The molecule has 0 saturated heterocycles. The van der Waals surface area contributed by atoms with Crippen LogP contribution in [0.2, 0.25) is 0 Å².